The van der Waals surface area contributed by atoms with Crippen molar-refractivity contribution >= 4 is 34.1 Å². The van der Waals surface area contributed by atoms with Gasteiger partial charge in [-0.25, -0.2) is 0 Å². The van der Waals surface area contributed by atoms with Crippen LogP contribution in [0.5, 0.6) is 5.75 Å². The van der Waals surface area contributed by atoms with Crippen LogP contribution in [0.2, 0.25) is 0 Å². The van der Waals surface area contributed by atoms with Crippen LogP contribution < -0.4 is 10.6 Å². The average molecular weight is 493 g/mol. The first-order valence-corrected chi connectivity index (χ1v) is 13.3. The zero-order valence-electron chi connectivity index (χ0n) is 21.4. The minimum absolute atomic E-state index is 0.0902. The van der Waals surface area contributed by atoms with Crippen molar-refractivity contribution in [3.8, 4) is 5.75 Å². The highest BCUT2D eigenvalue weighted by Gasteiger charge is 2.27. The van der Waals surface area contributed by atoms with Crippen molar-refractivity contribution in [3.63, 3.8) is 0 Å². The van der Waals surface area contributed by atoms with Gasteiger partial charge < -0.3 is 20.3 Å². The fraction of sp³-hybridized carbons (Fsp3) is 0.345. The Labute approximate surface area is 212 Å². The third-order valence-electron chi connectivity index (χ3n) is 5.68. The van der Waals surface area contributed by atoms with E-state index in [-0.39, 0.29) is 34.0 Å². The summed E-state index contributed by atoms with van der Waals surface area (Å²) in [4.78, 5) is 12.8. The zero-order chi connectivity index (χ0) is 25.8. The molecule has 0 saturated heterocycles. The number of hydrogen-bond donors (Lipinski definition) is 3. The molecule has 3 aromatic carbocycles. The molecule has 35 heavy (non-hydrogen) atoms. The highest BCUT2D eigenvalue weighted by Crippen LogP contribution is 2.41. The van der Waals surface area contributed by atoms with Crippen molar-refractivity contribution in [3.05, 3.63) is 83.4 Å². The van der Waals surface area contributed by atoms with Gasteiger partial charge in [0, 0.05) is 22.6 Å². The molecule has 1 unspecified atom stereocenters. The van der Waals surface area contributed by atoms with E-state index >= 15 is 0 Å². The first-order chi connectivity index (χ1) is 16.3. The number of phenolic OH excluding ortho intramolecular Hbond substituents is 1. The van der Waals surface area contributed by atoms with E-state index in [1.807, 2.05) is 42.5 Å². The van der Waals surface area contributed by atoms with Crippen molar-refractivity contribution in [2.45, 2.75) is 58.1 Å². The Kier molecular flexibility index (Phi) is 8.18. The van der Waals surface area contributed by atoms with Crippen LogP contribution in [0.25, 0.3) is 0 Å². The molecule has 3 rings (SSSR count). The monoisotopic (exact) mass is 492 g/mol. The fourth-order valence-electron chi connectivity index (χ4n) is 3.90. The SMILES string of the molecule is CC(C)(C)c1cc(NC(=O)C[S+]([O-])Cc2ccccc2O)cc(C(C)(C)C)c1Nc1ccccc1. The standard InChI is InChI=1S/C29H36N2O3S/c1-28(2,3)23-16-22(30-26(33)19-35(34)18-20-12-10-11-15-25(20)32)17-24(29(4,5)6)27(23)31-21-13-8-7-9-14-21/h7-17,31-32H,18-19H2,1-6H3,(H,30,33). The van der Waals surface area contributed by atoms with Crippen molar-refractivity contribution in [2.24, 2.45) is 0 Å². The zero-order valence-corrected chi connectivity index (χ0v) is 22.3. The molecule has 1 amide bonds. The predicted octanol–water partition coefficient (Wildman–Crippen LogP) is 6.62. The molecule has 0 spiro atoms. The molecular weight excluding hydrogens is 456 g/mol. The molecule has 1 atom stereocenters. The van der Waals surface area contributed by atoms with Crippen LogP contribution in [0, 0.1) is 0 Å². The lowest BCUT2D eigenvalue weighted by atomic mass is 9.78. The Morgan fingerprint density at radius 3 is 1.94 bits per heavy atom. The third-order valence-corrected chi connectivity index (χ3v) is 6.90. The summed E-state index contributed by atoms with van der Waals surface area (Å²) in [5.74, 6) is -0.246. The molecule has 0 aromatic heterocycles. The summed E-state index contributed by atoms with van der Waals surface area (Å²) in [5.41, 5.74) is 5.08. The van der Waals surface area contributed by atoms with Crippen LogP contribution >= 0.6 is 0 Å². The molecule has 5 nitrogen and oxygen atoms in total. The van der Waals surface area contributed by atoms with E-state index in [1.54, 1.807) is 24.3 Å². The van der Waals surface area contributed by atoms with E-state index in [1.165, 1.54) is 0 Å². The molecule has 0 saturated carbocycles. The topological polar surface area (TPSA) is 84.4 Å². The maximum absolute atomic E-state index is 12.8. The Morgan fingerprint density at radius 2 is 1.40 bits per heavy atom. The molecule has 0 aliphatic heterocycles. The van der Waals surface area contributed by atoms with Crippen LogP contribution in [-0.4, -0.2) is 21.3 Å². The van der Waals surface area contributed by atoms with Crippen LogP contribution in [0.1, 0.15) is 58.2 Å². The van der Waals surface area contributed by atoms with Gasteiger partial charge in [-0.1, -0.05) is 77.9 Å². The Bertz CT molecular complexity index is 1130. The molecule has 0 aliphatic carbocycles. The van der Waals surface area contributed by atoms with E-state index < -0.39 is 11.2 Å². The lowest BCUT2D eigenvalue weighted by Gasteiger charge is -2.31. The summed E-state index contributed by atoms with van der Waals surface area (Å²) in [6.07, 6.45) is 0. The smallest absolute Gasteiger partial charge is 0.274 e. The van der Waals surface area contributed by atoms with Gasteiger partial charge in [-0.15, -0.1) is 0 Å². The number of nitrogens with one attached hydrogen (secondary N) is 2. The van der Waals surface area contributed by atoms with Gasteiger partial charge in [-0.2, -0.15) is 0 Å². The number of para-hydroxylation sites is 2. The van der Waals surface area contributed by atoms with Crippen LogP contribution in [-0.2, 0) is 32.6 Å². The van der Waals surface area contributed by atoms with Crippen LogP contribution in [0.3, 0.4) is 0 Å². The number of rotatable bonds is 7. The number of aromatic hydroxyl groups is 1. The Morgan fingerprint density at radius 1 is 0.857 bits per heavy atom. The van der Waals surface area contributed by atoms with Gasteiger partial charge in [0.05, 0.1) is 0 Å². The first kappa shape index (κ1) is 26.6. The van der Waals surface area contributed by atoms with Gasteiger partial charge in [0.15, 0.2) is 5.75 Å². The molecule has 0 fully saturated rings. The number of anilines is 3. The number of phenols is 1. The molecule has 186 valence electrons. The van der Waals surface area contributed by atoms with Crippen molar-refractivity contribution in [1.29, 1.82) is 0 Å². The van der Waals surface area contributed by atoms with Crippen molar-refractivity contribution in [2.75, 3.05) is 16.4 Å². The number of carbonyl (C=O) groups is 1. The summed E-state index contributed by atoms with van der Waals surface area (Å²) < 4.78 is 12.6. The molecule has 0 radical (unpaired) electrons. The molecule has 0 heterocycles. The molecular formula is C29H36N2O3S. The summed E-state index contributed by atoms with van der Waals surface area (Å²) in [6.45, 7) is 12.9. The summed E-state index contributed by atoms with van der Waals surface area (Å²) in [6, 6.07) is 20.8. The minimum Gasteiger partial charge on any atom is -0.616 e. The van der Waals surface area contributed by atoms with Crippen molar-refractivity contribution < 1.29 is 14.5 Å². The Hall–Kier alpha value is -2.96. The van der Waals surface area contributed by atoms with Gasteiger partial charge >= 0.3 is 0 Å². The fourth-order valence-corrected chi connectivity index (χ4v) is 4.96. The second-order valence-corrected chi connectivity index (χ2v) is 12.3. The van der Waals surface area contributed by atoms with Crippen LogP contribution in [0.4, 0.5) is 17.1 Å². The number of carbonyl (C=O) groups excluding carboxylic acids is 1. The molecule has 6 heteroatoms. The van der Waals surface area contributed by atoms with E-state index in [9.17, 15) is 14.5 Å². The first-order valence-electron chi connectivity index (χ1n) is 11.8. The summed E-state index contributed by atoms with van der Waals surface area (Å²) in [5, 5.41) is 16.5. The Balaban J connectivity index is 1.89. The second-order valence-electron chi connectivity index (χ2n) is 10.8. The third kappa shape index (κ3) is 7.26. The number of benzene rings is 3. The minimum atomic E-state index is -1.45. The highest BCUT2D eigenvalue weighted by molar-refractivity contribution is 7.91. The normalized spacial score (nSPS) is 12.8. The van der Waals surface area contributed by atoms with Crippen LogP contribution in [0.15, 0.2) is 66.7 Å². The quantitative estimate of drug-likeness (QED) is 0.324. The lowest BCUT2D eigenvalue weighted by Crippen LogP contribution is -2.25. The second kappa shape index (κ2) is 10.8. The maximum atomic E-state index is 12.8. The van der Waals surface area contributed by atoms with Gasteiger partial charge in [0.2, 0.25) is 0 Å². The molecule has 0 bridgehead atoms. The molecule has 0 aliphatic rings. The van der Waals surface area contributed by atoms with E-state index in [0.29, 0.717) is 11.3 Å². The summed E-state index contributed by atoms with van der Waals surface area (Å²) in [7, 11) is 0. The number of amides is 1. The lowest BCUT2D eigenvalue weighted by molar-refractivity contribution is -0.113. The molecule has 3 aromatic rings. The number of hydrogen-bond acceptors (Lipinski definition) is 4. The predicted molar refractivity (Wildman–Crippen MR) is 147 cm³/mol. The maximum Gasteiger partial charge on any atom is 0.274 e. The summed E-state index contributed by atoms with van der Waals surface area (Å²) >= 11 is -1.45. The largest absolute Gasteiger partial charge is 0.616 e. The van der Waals surface area contributed by atoms with Gasteiger partial charge in [-0.3, -0.25) is 4.79 Å². The van der Waals surface area contributed by atoms with Crippen molar-refractivity contribution in [1.82, 2.24) is 0 Å². The van der Waals surface area contributed by atoms with Gasteiger partial charge in [0.1, 0.15) is 11.5 Å². The van der Waals surface area contributed by atoms with E-state index in [2.05, 4.69) is 52.2 Å². The van der Waals surface area contributed by atoms with E-state index in [0.717, 1.165) is 22.5 Å². The van der Waals surface area contributed by atoms with Gasteiger partial charge in [-0.05, 0) is 63.5 Å². The van der Waals surface area contributed by atoms with Gasteiger partial charge in [0.25, 0.3) is 5.91 Å². The molecule has 3 N–H and O–H groups in total. The average Bonchev–Trinajstić information content (AvgIpc) is 2.75. The van der Waals surface area contributed by atoms with E-state index in [4.69, 9.17) is 0 Å². The highest BCUT2D eigenvalue weighted by atomic mass is 32.2.